The maximum atomic E-state index is 12.7. The van der Waals surface area contributed by atoms with Crippen LogP contribution in [0.1, 0.15) is 43.0 Å². The zero-order chi connectivity index (χ0) is 18.4. The van der Waals surface area contributed by atoms with E-state index < -0.39 is 6.10 Å². The van der Waals surface area contributed by atoms with Crippen LogP contribution in [0.3, 0.4) is 0 Å². The van der Waals surface area contributed by atoms with Crippen molar-refractivity contribution in [1.29, 1.82) is 5.26 Å². The predicted octanol–water partition coefficient (Wildman–Crippen LogP) is 3.67. The molecule has 0 fully saturated rings. The Hall–Kier alpha value is -2.74. The average Bonchev–Trinajstić information content (AvgIpc) is 3.11. The first-order valence-corrected chi connectivity index (χ1v) is 8.39. The Bertz CT molecular complexity index is 851. The minimum Gasteiger partial charge on any atom is -0.480 e. The zero-order valence-corrected chi connectivity index (χ0v) is 15.3. The van der Waals surface area contributed by atoms with E-state index in [1.54, 1.807) is 12.3 Å². The van der Waals surface area contributed by atoms with Gasteiger partial charge in [0.25, 0.3) is 5.91 Å². The van der Waals surface area contributed by atoms with Gasteiger partial charge in [0.15, 0.2) is 6.10 Å². The van der Waals surface area contributed by atoms with E-state index in [1.807, 2.05) is 38.3 Å². The summed E-state index contributed by atoms with van der Waals surface area (Å²) in [5.74, 6) is 1.20. The molecule has 0 unspecified atom stereocenters. The van der Waals surface area contributed by atoms with Gasteiger partial charge in [-0.25, -0.2) is 0 Å². The number of hydrogen-bond acceptors (Lipinski definition) is 3. The van der Waals surface area contributed by atoms with Gasteiger partial charge in [-0.3, -0.25) is 4.79 Å². The fourth-order valence-corrected chi connectivity index (χ4v) is 3.04. The summed E-state index contributed by atoms with van der Waals surface area (Å²) in [6, 6.07) is 7.90. The molecule has 1 aliphatic rings. The second-order valence-corrected chi connectivity index (χ2v) is 7.61. The molecule has 1 atom stereocenters. The molecular formula is C20H23N3O2. The first kappa shape index (κ1) is 17.1. The van der Waals surface area contributed by atoms with Crippen LogP contribution in [0.2, 0.25) is 0 Å². The fourth-order valence-electron chi connectivity index (χ4n) is 3.04. The smallest absolute Gasteiger partial charge is 0.266 e. The number of amides is 1. The van der Waals surface area contributed by atoms with E-state index in [2.05, 4.69) is 24.4 Å². The number of rotatable bonds is 2. The molecule has 1 aromatic carbocycles. The third kappa shape index (κ3) is 3.25. The third-order valence-electron chi connectivity index (χ3n) is 4.57. The maximum absolute atomic E-state index is 12.7. The molecule has 2 aromatic rings. The maximum Gasteiger partial charge on any atom is 0.266 e. The molecule has 1 aliphatic heterocycles. The first-order valence-electron chi connectivity index (χ1n) is 8.39. The summed E-state index contributed by atoms with van der Waals surface area (Å²) in [7, 11) is 0. The number of aryl methyl sites for hydroxylation is 2. The number of carbonyl (C=O) groups excluding carboxylic acids is 1. The molecule has 0 bridgehead atoms. The summed E-state index contributed by atoms with van der Waals surface area (Å²) in [5, 5.41) is 12.1. The molecule has 1 amide bonds. The summed E-state index contributed by atoms with van der Waals surface area (Å²) in [5.41, 5.74) is 3.69. The molecule has 25 heavy (non-hydrogen) atoms. The van der Waals surface area contributed by atoms with Crippen LogP contribution in [0.15, 0.2) is 24.4 Å². The Kier molecular flexibility index (Phi) is 4.08. The predicted molar refractivity (Wildman–Crippen MR) is 96.8 cm³/mol. The minimum absolute atomic E-state index is 0.195. The van der Waals surface area contributed by atoms with E-state index in [9.17, 15) is 4.79 Å². The van der Waals surface area contributed by atoms with Crippen molar-refractivity contribution in [1.82, 2.24) is 4.57 Å². The number of benzene rings is 1. The normalized spacial score (nSPS) is 16.1. The molecule has 2 heterocycles. The number of nitrogens with one attached hydrogen (secondary N) is 1. The second-order valence-electron chi connectivity index (χ2n) is 7.61. The van der Waals surface area contributed by atoms with Crippen molar-refractivity contribution in [2.24, 2.45) is 0 Å². The Morgan fingerprint density at radius 3 is 2.60 bits per heavy atom. The van der Waals surface area contributed by atoms with Crippen LogP contribution in [0.4, 0.5) is 5.82 Å². The molecule has 1 aromatic heterocycles. The van der Waals surface area contributed by atoms with Crippen LogP contribution < -0.4 is 10.1 Å². The molecule has 0 radical (unpaired) electrons. The Labute approximate surface area is 148 Å². The molecule has 0 saturated carbocycles. The largest absolute Gasteiger partial charge is 0.480 e. The average molecular weight is 337 g/mol. The van der Waals surface area contributed by atoms with Crippen molar-refractivity contribution in [2.45, 2.75) is 52.7 Å². The van der Waals surface area contributed by atoms with E-state index in [0.717, 1.165) is 16.9 Å². The van der Waals surface area contributed by atoms with Crippen molar-refractivity contribution in [2.75, 3.05) is 5.32 Å². The van der Waals surface area contributed by atoms with Gasteiger partial charge in [-0.05, 0) is 63.4 Å². The Morgan fingerprint density at radius 2 is 1.96 bits per heavy atom. The lowest BCUT2D eigenvalue weighted by atomic mass is 10.0. The lowest BCUT2D eigenvalue weighted by molar-refractivity contribution is -0.122. The number of nitriles is 1. The quantitative estimate of drug-likeness (QED) is 0.909. The minimum atomic E-state index is -0.551. The molecule has 0 saturated heterocycles. The van der Waals surface area contributed by atoms with Gasteiger partial charge in [0.1, 0.15) is 17.6 Å². The molecule has 0 spiro atoms. The lowest BCUT2D eigenvalue weighted by Crippen LogP contribution is -2.33. The SMILES string of the molecule is Cc1cc2c(cc1C)O[C@H](C(=O)Nc1cc(C#N)cn1C(C)(C)C)C2. The van der Waals surface area contributed by atoms with Crippen LogP contribution in [0.5, 0.6) is 5.75 Å². The van der Waals surface area contributed by atoms with Crippen molar-refractivity contribution >= 4 is 11.7 Å². The van der Waals surface area contributed by atoms with Gasteiger partial charge >= 0.3 is 0 Å². The van der Waals surface area contributed by atoms with Gasteiger partial charge in [-0.1, -0.05) is 6.07 Å². The molecule has 1 N–H and O–H groups in total. The van der Waals surface area contributed by atoms with Crippen LogP contribution in [0, 0.1) is 25.2 Å². The van der Waals surface area contributed by atoms with Gasteiger partial charge in [0, 0.05) is 18.2 Å². The van der Waals surface area contributed by atoms with Crippen molar-refractivity contribution in [3.8, 4) is 11.8 Å². The molecule has 0 aliphatic carbocycles. The highest BCUT2D eigenvalue weighted by Crippen LogP contribution is 2.32. The molecule has 3 rings (SSSR count). The number of fused-ring (bicyclic) bond motifs is 1. The zero-order valence-electron chi connectivity index (χ0n) is 15.3. The number of hydrogen-bond donors (Lipinski definition) is 1. The van der Waals surface area contributed by atoms with Crippen molar-refractivity contribution in [3.63, 3.8) is 0 Å². The highest BCUT2D eigenvalue weighted by molar-refractivity contribution is 5.94. The lowest BCUT2D eigenvalue weighted by Gasteiger charge is -2.24. The van der Waals surface area contributed by atoms with Gasteiger partial charge in [0.05, 0.1) is 5.56 Å². The summed E-state index contributed by atoms with van der Waals surface area (Å²) in [6.45, 7) is 10.2. The van der Waals surface area contributed by atoms with Gasteiger partial charge in [-0.2, -0.15) is 5.26 Å². The van der Waals surface area contributed by atoms with Crippen LogP contribution in [-0.4, -0.2) is 16.6 Å². The van der Waals surface area contributed by atoms with E-state index in [1.165, 1.54) is 5.56 Å². The third-order valence-corrected chi connectivity index (χ3v) is 4.57. The second kappa shape index (κ2) is 5.96. The summed E-state index contributed by atoms with van der Waals surface area (Å²) >= 11 is 0. The number of ether oxygens (including phenoxy) is 1. The van der Waals surface area contributed by atoms with Gasteiger partial charge < -0.3 is 14.6 Å². The Balaban J connectivity index is 1.81. The van der Waals surface area contributed by atoms with Crippen molar-refractivity contribution in [3.05, 3.63) is 46.6 Å². The highest BCUT2D eigenvalue weighted by atomic mass is 16.5. The van der Waals surface area contributed by atoms with E-state index >= 15 is 0 Å². The molecule has 130 valence electrons. The van der Waals surface area contributed by atoms with Crippen LogP contribution >= 0.6 is 0 Å². The highest BCUT2D eigenvalue weighted by Gasteiger charge is 2.31. The Morgan fingerprint density at radius 1 is 1.28 bits per heavy atom. The van der Waals surface area contributed by atoms with E-state index in [0.29, 0.717) is 17.8 Å². The topological polar surface area (TPSA) is 67.0 Å². The molecule has 5 heteroatoms. The monoisotopic (exact) mass is 337 g/mol. The standard InChI is InChI=1S/C20H23N3O2/c1-12-6-15-9-17(25-16(15)7-13(12)2)19(24)22-18-8-14(10-21)11-23(18)20(3,4)5/h6-8,11,17H,9H2,1-5H3,(H,22,24)/t17-/m0/s1. The number of nitrogens with zero attached hydrogens (tertiary/aromatic N) is 2. The first-order chi connectivity index (χ1) is 11.7. The molecular weight excluding hydrogens is 314 g/mol. The summed E-state index contributed by atoms with van der Waals surface area (Å²) in [6.07, 6.45) is 1.76. The summed E-state index contributed by atoms with van der Waals surface area (Å²) in [4.78, 5) is 12.7. The van der Waals surface area contributed by atoms with Gasteiger partial charge in [0.2, 0.25) is 0 Å². The molecule has 5 nitrogen and oxygen atoms in total. The fraction of sp³-hybridized carbons (Fsp3) is 0.400. The summed E-state index contributed by atoms with van der Waals surface area (Å²) < 4.78 is 7.75. The number of anilines is 1. The van der Waals surface area contributed by atoms with Crippen molar-refractivity contribution < 1.29 is 9.53 Å². The van der Waals surface area contributed by atoms with Crippen LogP contribution in [0.25, 0.3) is 0 Å². The van der Waals surface area contributed by atoms with Crippen LogP contribution in [-0.2, 0) is 16.8 Å². The van der Waals surface area contributed by atoms with E-state index in [-0.39, 0.29) is 11.4 Å². The van der Waals surface area contributed by atoms with E-state index in [4.69, 9.17) is 10.00 Å². The van der Waals surface area contributed by atoms with Gasteiger partial charge in [-0.15, -0.1) is 0 Å². The number of aromatic nitrogens is 1. The number of carbonyl (C=O) groups is 1.